The average molecular weight is 302 g/mol. The van der Waals surface area contributed by atoms with Crippen LogP contribution < -0.4 is 0 Å². The number of halogens is 1. The third-order valence-electron chi connectivity index (χ3n) is 3.22. The molecular formula is C9H19IOS. The SMILES string of the molecule is CC1CCC([SH](C)(=O)I)C[C@@H]1C. The van der Waals surface area contributed by atoms with Crippen LogP contribution in [0.25, 0.3) is 0 Å². The standard InChI is InChI=1S/C9H19IOS/c1-7-4-5-9(6-8(7)2)12(3,10)11/h7-9,12H,4-6H2,1-3H3/t7?,8-,9?/m0/s1. The predicted octanol–water partition coefficient (Wildman–Crippen LogP) is 2.81. The summed E-state index contributed by atoms with van der Waals surface area (Å²) in [5, 5.41) is 0.504. The van der Waals surface area contributed by atoms with E-state index in [1.54, 1.807) is 0 Å². The highest BCUT2D eigenvalue weighted by Crippen LogP contribution is 2.36. The fourth-order valence-corrected chi connectivity index (χ4v) is 4.78. The van der Waals surface area contributed by atoms with Crippen LogP contribution in [-0.4, -0.2) is 15.7 Å². The van der Waals surface area contributed by atoms with Gasteiger partial charge < -0.3 is 0 Å². The quantitative estimate of drug-likeness (QED) is 0.448. The summed E-state index contributed by atoms with van der Waals surface area (Å²) in [6, 6.07) is 0. The molecule has 0 amide bonds. The maximum atomic E-state index is 11.8. The summed E-state index contributed by atoms with van der Waals surface area (Å²) in [5.41, 5.74) is 0. The van der Waals surface area contributed by atoms with Crippen molar-refractivity contribution in [3.63, 3.8) is 0 Å². The van der Waals surface area contributed by atoms with Crippen molar-refractivity contribution >= 4 is 28.3 Å². The molecule has 0 heterocycles. The van der Waals surface area contributed by atoms with E-state index in [0.717, 1.165) is 11.8 Å². The van der Waals surface area contributed by atoms with Crippen LogP contribution >= 0.6 is 21.2 Å². The zero-order chi connectivity index (χ0) is 9.35. The van der Waals surface area contributed by atoms with Gasteiger partial charge in [0.25, 0.3) is 0 Å². The fourth-order valence-electron chi connectivity index (χ4n) is 1.94. The summed E-state index contributed by atoms with van der Waals surface area (Å²) in [6.45, 7) is 4.61. The van der Waals surface area contributed by atoms with Crippen LogP contribution in [0.4, 0.5) is 0 Å². The third kappa shape index (κ3) is 2.69. The summed E-state index contributed by atoms with van der Waals surface area (Å²) in [4.78, 5) is 0. The minimum Gasteiger partial charge on any atom is -0.275 e. The lowest BCUT2D eigenvalue weighted by molar-refractivity contribution is 0.281. The Labute approximate surface area is 88.7 Å². The van der Waals surface area contributed by atoms with E-state index in [1.165, 1.54) is 19.3 Å². The third-order valence-corrected chi connectivity index (χ3v) is 7.36. The first-order valence-corrected chi connectivity index (χ1v) is 9.69. The van der Waals surface area contributed by atoms with Crippen LogP contribution in [0.2, 0.25) is 0 Å². The van der Waals surface area contributed by atoms with Crippen molar-refractivity contribution in [1.82, 2.24) is 0 Å². The van der Waals surface area contributed by atoms with Gasteiger partial charge in [-0.2, -0.15) is 0 Å². The molecule has 0 aromatic carbocycles. The van der Waals surface area contributed by atoms with Crippen molar-refractivity contribution in [3.05, 3.63) is 0 Å². The van der Waals surface area contributed by atoms with Crippen molar-refractivity contribution in [2.24, 2.45) is 11.8 Å². The van der Waals surface area contributed by atoms with E-state index in [-0.39, 0.29) is 0 Å². The number of hydrogen-bond donors (Lipinski definition) is 1. The van der Waals surface area contributed by atoms with E-state index >= 15 is 0 Å². The van der Waals surface area contributed by atoms with Gasteiger partial charge in [-0.3, -0.25) is 4.21 Å². The van der Waals surface area contributed by atoms with Crippen LogP contribution in [0.3, 0.4) is 0 Å². The van der Waals surface area contributed by atoms with Gasteiger partial charge in [-0.25, -0.2) is 0 Å². The number of thiol groups is 1. The van der Waals surface area contributed by atoms with Gasteiger partial charge in [0.15, 0.2) is 0 Å². The Bertz CT molecular complexity index is 199. The maximum Gasteiger partial charge on any atom is 0.0209 e. The van der Waals surface area contributed by atoms with Gasteiger partial charge in [0.2, 0.25) is 0 Å². The lowest BCUT2D eigenvalue weighted by Gasteiger charge is -2.35. The molecular weight excluding hydrogens is 283 g/mol. The van der Waals surface area contributed by atoms with Gasteiger partial charge >= 0.3 is 0 Å². The molecule has 12 heavy (non-hydrogen) atoms. The van der Waals surface area contributed by atoms with Crippen LogP contribution in [0.5, 0.6) is 0 Å². The van der Waals surface area contributed by atoms with E-state index in [1.807, 2.05) is 6.26 Å². The van der Waals surface area contributed by atoms with Crippen molar-refractivity contribution in [2.45, 2.75) is 38.4 Å². The lowest BCUT2D eigenvalue weighted by atomic mass is 9.81. The van der Waals surface area contributed by atoms with Gasteiger partial charge in [0, 0.05) is 26.5 Å². The fraction of sp³-hybridized carbons (Fsp3) is 1.00. The summed E-state index contributed by atoms with van der Waals surface area (Å²) >= 11 is 2.17. The summed E-state index contributed by atoms with van der Waals surface area (Å²) < 4.78 is 11.8. The van der Waals surface area contributed by atoms with Gasteiger partial charge in [-0.05, 0) is 37.4 Å². The molecule has 0 aromatic heterocycles. The Hall–Kier alpha value is 0.880. The maximum absolute atomic E-state index is 11.8. The van der Waals surface area contributed by atoms with Crippen LogP contribution in [0.1, 0.15) is 33.1 Å². The molecule has 0 saturated heterocycles. The normalized spacial score (nSPS) is 39.5. The first kappa shape index (κ1) is 11.0. The Morgan fingerprint density at radius 3 is 2.25 bits per heavy atom. The smallest absolute Gasteiger partial charge is 0.0209 e. The largest absolute Gasteiger partial charge is 0.275 e. The molecule has 1 saturated carbocycles. The Kier molecular flexibility index (Phi) is 3.60. The molecule has 0 aromatic rings. The molecule has 74 valence electrons. The van der Waals surface area contributed by atoms with E-state index in [2.05, 4.69) is 35.1 Å². The van der Waals surface area contributed by atoms with Crippen molar-refractivity contribution in [2.75, 3.05) is 6.26 Å². The minimum absolute atomic E-state index is 0.504. The van der Waals surface area contributed by atoms with E-state index in [0.29, 0.717) is 5.25 Å². The monoisotopic (exact) mass is 302 g/mol. The molecule has 1 rings (SSSR count). The molecule has 0 aliphatic heterocycles. The zero-order valence-corrected chi connectivity index (χ0v) is 11.1. The molecule has 0 N–H and O–H groups in total. The van der Waals surface area contributed by atoms with Crippen molar-refractivity contribution < 1.29 is 4.21 Å². The molecule has 0 bridgehead atoms. The van der Waals surface area contributed by atoms with Crippen LogP contribution in [-0.2, 0) is 7.10 Å². The Morgan fingerprint density at radius 1 is 1.25 bits per heavy atom. The van der Waals surface area contributed by atoms with Gasteiger partial charge in [-0.1, -0.05) is 21.0 Å². The zero-order valence-electron chi connectivity index (χ0n) is 8.09. The molecule has 3 heteroatoms. The number of rotatable bonds is 1. The van der Waals surface area contributed by atoms with E-state index < -0.39 is 7.10 Å². The molecule has 1 aliphatic carbocycles. The number of hydrogen-bond acceptors (Lipinski definition) is 1. The topological polar surface area (TPSA) is 17.1 Å². The van der Waals surface area contributed by atoms with Crippen molar-refractivity contribution in [3.8, 4) is 0 Å². The molecule has 1 fully saturated rings. The highest BCUT2D eigenvalue weighted by Gasteiger charge is 2.29. The molecule has 0 spiro atoms. The first-order chi connectivity index (χ1) is 5.41. The summed E-state index contributed by atoms with van der Waals surface area (Å²) in [7, 11) is -1.83. The predicted molar refractivity (Wildman–Crippen MR) is 65.4 cm³/mol. The molecule has 1 aliphatic rings. The van der Waals surface area contributed by atoms with Gasteiger partial charge in [0.1, 0.15) is 0 Å². The van der Waals surface area contributed by atoms with E-state index in [9.17, 15) is 4.21 Å². The minimum atomic E-state index is -1.83. The second-order valence-corrected chi connectivity index (χ2v) is 12.5. The van der Waals surface area contributed by atoms with Gasteiger partial charge in [0.05, 0.1) is 0 Å². The highest BCUT2D eigenvalue weighted by molar-refractivity contribution is 14.2. The first-order valence-electron chi connectivity index (χ1n) is 4.68. The lowest BCUT2D eigenvalue weighted by Crippen LogP contribution is -2.31. The summed E-state index contributed by atoms with van der Waals surface area (Å²) in [6.07, 6.45) is 5.56. The highest BCUT2D eigenvalue weighted by atomic mass is 127. The van der Waals surface area contributed by atoms with Gasteiger partial charge in [-0.15, -0.1) is 0 Å². The molecule has 1 nitrogen and oxygen atoms in total. The Balaban J connectivity index is 2.57. The van der Waals surface area contributed by atoms with E-state index in [4.69, 9.17) is 0 Å². The second kappa shape index (κ2) is 3.95. The molecule has 2 unspecified atom stereocenters. The van der Waals surface area contributed by atoms with Crippen LogP contribution in [0, 0.1) is 11.8 Å². The Morgan fingerprint density at radius 2 is 1.83 bits per heavy atom. The average Bonchev–Trinajstić information content (AvgIpc) is 1.92. The molecule has 3 atom stereocenters. The van der Waals surface area contributed by atoms with Crippen LogP contribution in [0.15, 0.2) is 0 Å². The second-order valence-electron chi connectivity index (χ2n) is 4.30. The summed E-state index contributed by atoms with van der Waals surface area (Å²) in [5.74, 6) is 1.61. The molecule has 0 radical (unpaired) electrons. The van der Waals surface area contributed by atoms with Crippen molar-refractivity contribution in [1.29, 1.82) is 0 Å².